The predicted molar refractivity (Wildman–Crippen MR) is 94.5 cm³/mol. The third-order valence-corrected chi connectivity index (χ3v) is 4.74. The van der Waals surface area contributed by atoms with E-state index < -0.39 is 5.97 Å². The van der Waals surface area contributed by atoms with Crippen molar-refractivity contribution in [1.29, 1.82) is 0 Å². The van der Waals surface area contributed by atoms with Crippen LogP contribution in [0.3, 0.4) is 0 Å². The third kappa shape index (κ3) is 4.33. The van der Waals surface area contributed by atoms with E-state index in [9.17, 15) is 9.59 Å². The Morgan fingerprint density at radius 2 is 2.22 bits per heavy atom. The van der Waals surface area contributed by atoms with Crippen molar-refractivity contribution in [3.8, 4) is 5.75 Å². The van der Waals surface area contributed by atoms with Crippen LogP contribution in [0.25, 0.3) is 6.08 Å². The summed E-state index contributed by atoms with van der Waals surface area (Å²) in [5.41, 5.74) is 1.88. The number of rotatable bonds is 6. The minimum atomic E-state index is -0.875. The van der Waals surface area contributed by atoms with Gasteiger partial charge in [0.15, 0.2) is 0 Å². The molecule has 5 nitrogen and oxygen atoms in total. The molecule has 2 rings (SSSR count). The lowest BCUT2D eigenvalue weighted by molar-refractivity contribution is -0.137. The number of methoxy groups -OCH3 is 1. The summed E-state index contributed by atoms with van der Waals surface area (Å²) in [6.07, 6.45) is 2.20. The number of nitrogens with zero attached hydrogens (tertiary/aromatic N) is 1. The molecule has 7 heteroatoms. The first kappa shape index (κ1) is 17.5. The van der Waals surface area contributed by atoms with Gasteiger partial charge in [0.1, 0.15) is 10.1 Å². The first-order valence-corrected chi connectivity index (χ1v) is 8.26. The Bertz CT molecular complexity index is 685. The number of carbonyl (C=O) groups excluding carboxylic acids is 1. The molecule has 23 heavy (non-hydrogen) atoms. The molecule has 0 aliphatic carbocycles. The van der Waals surface area contributed by atoms with Crippen molar-refractivity contribution in [2.45, 2.75) is 19.8 Å². The molecule has 0 radical (unpaired) electrons. The van der Waals surface area contributed by atoms with Crippen LogP contribution in [0.5, 0.6) is 5.75 Å². The molecule has 1 amide bonds. The van der Waals surface area contributed by atoms with E-state index in [0.717, 1.165) is 16.9 Å². The molecule has 1 aliphatic heterocycles. The molecule has 0 atom stereocenters. The van der Waals surface area contributed by atoms with Crippen molar-refractivity contribution in [3.05, 3.63) is 34.2 Å². The molecule has 0 saturated carbocycles. The molecule has 1 N–H and O–H groups in total. The van der Waals surface area contributed by atoms with E-state index in [1.165, 1.54) is 16.7 Å². The molecule has 0 bridgehead atoms. The van der Waals surface area contributed by atoms with E-state index in [4.69, 9.17) is 22.1 Å². The van der Waals surface area contributed by atoms with Crippen molar-refractivity contribution in [2.24, 2.45) is 0 Å². The zero-order valence-electron chi connectivity index (χ0n) is 12.9. The number of carboxylic acids is 1. The van der Waals surface area contributed by atoms with Crippen molar-refractivity contribution < 1.29 is 19.4 Å². The predicted octanol–water partition coefficient (Wildman–Crippen LogP) is 3.07. The highest BCUT2D eigenvalue weighted by atomic mass is 32.2. The van der Waals surface area contributed by atoms with Gasteiger partial charge in [0.25, 0.3) is 5.91 Å². The molecular formula is C16H17NO4S2. The van der Waals surface area contributed by atoms with Crippen LogP contribution in [-0.2, 0) is 9.59 Å². The summed E-state index contributed by atoms with van der Waals surface area (Å²) >= 11 is 6.46. The minimum absolute atomic E-state index is 0.0216. The number of amides is 1. The number of thiocarbonyl (C=S) groups is 1. The fourth-order valence-electron chi connectivity index (χ4n) is 2.22. The smallest absolute Gasteiger partial charge is 0.303 e. The second-order valence-electron chi connectivity index (χ2n) is 5.06. The number of hydrogen-bond donors (Lipinski definition) is 1. The van der Waals surface area contributed by atoms with Crippen LogP contribution in [0.1, 0.15) is 24.0 Å². The van der Waals surface area contributed by atoms with Gasteiger partial charge in [-0.2, -0.15) is 0 Å². The summed E-state index contributed by atoms with van der Waals surface area (Å²) in [6.45, 7) is 2.27. The summed E-state index contributed by atoms with van der Waals surface area (Å²) in [4.78, 5) is 25.0. The molecule has 1 aliphatic rings. The lowest BCUT2D eigenvalue weighted by Gasteiger charge is -2.13. The van der Waals surface area contributed by atoms with Gasteiger partial charge >= 0.3 is 5.97 Å². The Morgan fingerprint density at radius 3 is 2.83 bits per heavy atom. The topological polar surface area (TPSA) is 66.8 Å². The molecule has 0 unspecified atom stereocenters. The van der Waals surface area contributed by atoms with Crippen molar-refractivity contribution in [3.63, 3.8) is 0 Å². The summed E-state index contributed by atoms with van der Waals surface area (Å²) < 4.78 is 5.69. The summed E-state index contributed by atoms with van der Waals surface area (Å²) in [5.74, 6) is -0.248. The Kier molecular flexibility index (Phi) is 5.79. The van der Waals surface area contributed by atoms with Gasteiger partial charge < -0.3 is 9.84 Å². The van der Waals surface area contributed by atoms with E-state index in [1.54, 1.807) is 13.2 Å². The quantitative estimate of drug-likeness (QED) is 0.628. The zero-order chi connectivity index (χ0) is 17.0. The third-order valence-electron chi connectivity index (χ3n) is 3.36. The lowest BCUT2D eigenvalue weighted by Crippen LogP contribution is -2.29. The SMILES string of the molecule is COc1ccc(/C=C2/SC(=S)N(CCCC(=O)O)C2=O)cc1C. The highest BCUT2D eigenvalue weighted by Gasteiger charge is 2.31. The number of carboxylic acid groups (broad SMARTS) is 1. The number of carbonyl (C=O) groups is 2. The molecule has 1 aromatic carbocycles. The van der Waals surface area contributed by atoms with E-state index in [1.807, 2.05) is 25.1 Å². The van der Waals surface area contributed by atoms with E-state index in [0.29, 0.717) is 22.2 Å². The molecule has 1 fully saturated rings. The molecule has 1 saturated heterocycles. The number of aryl methyl sites for hydroxylation is 1. The van der Waals surface area contributed by atoms with Gasteiger partial charge in [-0.05, 0) is 42.7 Å². The highest BCUT2D eigenvalue weighted by molar-refractivity contribution is 8.26. The Balaban J connectivity index is 2.11. The van der Waals surface area contributed by atoms with Crippen LogP contribution >= 0.6 is 24.0 Å². The Labute approximate surface area is 144 Å². The van der Waals surface area contributed by atoms with Crippen LogP contribution in [0.2, 0.25) is 0 Å². The Morgan fingerprint density at radius 1 is 1.48 bits per heavy atom. The van der Waals surface area contributed by atoms with E-state index in [2.05, 4.69) is 0 Å². The number of aliphatic carboxylic acids is 1. The van der Waals surface area contributed by atoms with Gasteiger partial charge in [-0.1, -0.05) is 30.0 Å². The largest absolute Gasteiger partial charge is 0.496 e. The lowest BCUT2D eigenvalue weighted by atomic mass is 10.1. The maximum atomic E-state index is 12.4. The van der Waals surface area contributed by atoms with Crippen LogP contribution in [-0.4, -0.2) is 39.9 Å². The maximum absolute atomic E-state index is 12.4. The zero-order valence-corrected chi connectivity index (χ0v) is 14.5. The van der Waals surface area contributed by atoms with Gasteiger partial charge in [0, 0.05) is 13.0 Å². The van der Waals surface area contributed by atoms with Gasteiger partial charge in [0.2, 0.25) is 0 Å². The Hall–Kier alpha value is -1.86. The summed E-state index contributed by atoms with van der Waals surface area (Å²) in [7, 11) is 1.62. The summed E-state index contributed by atoms with van der Waals surface area (Å²) in [6, 6.07) is 5.67. The first-order valence-electron chi connectivity index (χ1n) is 7.04. The average molecular weight is 351 g/mol. The number of thioether (sulfide) groups is 1. The van der Waals surface area contributed by atoms with Crippen molar-refractivity contribution in [2.75, 3.05) is 13.7 Å². The molecule has 1 heterocycles. The summed E-state index contributed by atoms with van der Waals surface area (Å²) in [5, 5.41) is 8.67. The van der Waals surface area contributed by atoms with E-state index in [-0.39, 0.29) is 12.3 Å². The van der Waals surface area contributed by atoms with Gasteiger partial charge in [-0.25, -0.2) is 0 Å². The van der Waals surface area contributed by atoms with Crippen LogP contribution in [0.4, 0.5) is 0 Å². The average Bonchev–Trinajstić information content (AvgIpc) is 2.74. The van der Waals surface area contributed by atoms with Crippen LogP contribution in [0, 0.1) is 6.92 Å². The molecule has 0 spiro atoms. The van der Waals surface area contributed by atoms with Gasteiger partial charge in [0.05, 0.1) is 12.0 Å². The molecule has 1 aromatic rings. The van der Waals surface area contributed by atoms with Crippen molar-refractivity contribution in [1.82, 2.24) is 4.90 Å². The maximum Gasteiger partial charge on any atom is 0.303 e. The van der Waals surface area contributed by atoms with Crippen molar-refractivity contribution >= 4 is 46.3 Å². The van der Waals surface area contributed by atoms with E-state index >= 15 is 0 Å². The van der Waals surface area contributed by atoms with Crippen LogP contribution < -0.4 is 4.74 Å². The highest BCUT2D eigenvalue weighted by Crippen LogP contribution is 2.33. The molecular weight excluding hydrogens is 334 g/mol. The molecule has 122 valence electrons. The second kappa shape index (κ2) is 7.61. The second-order valence-corrected chi connectivity index (χ2v) is 6.74. The number of ether oxygens (including phenoxy) is 1. The monoisotopic (exact) mass is 351 g/mol. The van der Waals surface area contributed by atoms with Crippen LogP contribution in [0.15, 0.2) is 23.1 Å². The normalized spacial score (nSPS) is 16.3. The standard InChI is InChI=1S/C16H17NO4S2/c1-10-8-11(5-6-12(10)21-2)9-13-15(20)17(16(22)23-13)7-3-4-14(18)19/h5-6,8-9H,3-4,7H2,1-2H3,(H,18,19)/b13-9+. The number of hydrogen-bond acceptors (Lipinski definition) is 5. The molecule has 0 aromatic heterocycles. The number of benzene rings is 1. The fourth-order valence-corrected chi connectivity index (χ4v) is 3.53. The van der Waals surface area contributed by atoms with Gasteiger partial charge in [-0.3, -0.25) is 14.5 Å². The minimum Gasteiger partial charge on any atom is -0.496 e. The first-order chi connectivity index (χ1) is 10.9. The fraction of sp³-hybridized carbons (Fsp3) is 0.312. The van der Waals surface area contributed by atoms with Gasteiger partial charge in [-0.15, -0.1) is 0 Å².